The molecule has 0 aromatic carbocycles. The van der Waals surface area contributed by atoms with E-state index in [-0.39, 0.29) is 0 Å². The van der Waals surface area contributed by atoms with E-state index in [0.717, 1.165) is 37.6 Å². The molecule has 1 aromatic rings. The van der Waals surface area contributed by atoms with Crippen LogP contribution in [0, 0.1) is 0 Å². The zero-order valence-corrected chi connectivity index (χ0v) is 8.18. The van der Waals surface area contributed by atoms with Crippen LogP contribution in [0.1, 0.15) is 30.3 Å². The fourth-order valence-electron chi connectivity index (χ4n) is 1.61. The normalized spacial score (nSPS) is 23.3. The third kappa shape index (κ3) is 2.03. The van der Waals surface area contributed by atoms with Gasteiger partial charge < -0.3 is 9.72 Å². The number of aromatic nitrogens is 2. The number of ether oxygens (including phenoxy) is 1. The average Bonchev–Trinajstić information content (AvgIpc) is 2.67. The fraction of sp³-hybridized carbons (Fsp3) is 0.667. The van der Waals surface area contributed by atoms with Gasteiger partial charge in [0.15, 0.2) is 0 Å². The van der Waals surface area contributed by atoms with Crippen molar-refractivity contribution in [3.05, 3.63) is 17.7 Å². The quantitative estimate of drug-likeness (QED) is 0.742. The van der Waals surface area contributed by atoms with Gasteiger partial charge in [0.25, 0.3) is 0 Å². The van der Waals surface area contributed by atoms with Gasteiger partial charge in [-0.1, -0.05) is 0 Å². The molecule has 72 valence electrons. The number of imidazole rings is 1. The second-order valence-electron chi connectivity index (χ2n) is 3.34. The minimum absolute atomic E-state index is 0.436. The number of rotatable bonds is 2. The molecule has 0 amide bonds. The highest BCUT2D eigenvalue weighted by Gasteiger charge is 2.18. The van der Waals surface area contributed by atoms with Gasteiger partial charge in [-0.05, 0) is 12.8 Å². The molecule has 1 N–H and O–H groups in total. The Morgan fingerprint density at radius 3 is 3.23 bits per heavy atom. The van der Waals surface area contributed by atoms with E-state index in [1.807, 2.05) is 0 Å². The molecule has 3 nitrogen and oxygen atoms in total. The lowest BCUT2D eigenvalue weighted by molar-refractivity contribution is 0.0783. The Hall–Kier alpha value is -0.540. The van der Waals surface area contributed by atoms with Crippen LogP contribution >= 0.6 is 11.6 Å². The first kappa shape index (κ1) is 9.03. The summed E-state index contributed by atoms with van der Waals surface area (Å²) in [6.07, 6.45) is 4.09. The zero-order chi connectivity index (χ0) is 9.10. The summed E-state index contributed by atoms with van der Waals surface area (Å²) in [6.45, 7) is 1.68. The molecule has 0 radical (unpaired) electrons. The first-order chi connectivity index (χ1) is 6.40. The molecule has 2 rings (SSSR count). The summed E-state index contributed by atoms with van der Waals surface area (Å²) in [5, 5.41) is 0. The Kier molecular flexibility index (Phi) is 2.86. The minimum atomic E-state index is 0.436. The van der Waals surface area contributed by atoms with E-state index in [0.29, 0.717) is 11.8 Å². The van der Waals surface area contributed by atoms with Crippen molar-refractivity contribution >= 4 is 11.6 Å². The van der Waals surface area contributed by atoms with Crippen LogP contribution in [0.15, 0.2) is 6.20 Å². The van der Waals surface area contributed by atoms with Crippen LogP contribution in [0.2, 0.25) is 0 Å². The molecule has 4 heteroatoms. The van der Waals surface area contributed by atoms with Crippen LogP contribution < -0.4 is 0 Å². The number of nitrogens with one attached hydrogen (secondary N) is 1. The number of hydrogen-bond acceptors (Lipinski definition) is 2. The smallest absolute Gasteiger partial charge is 0.111 e. The maximum atomic E-state index is 5.68. The van der Waals surface area contributed by atoms with Gasteiger partial charge in [-0.25, -0.2) is 4.98 Å². The highest BCUT2D eigenvalue weighted by molar-refractivity contribution is 6.16. The van der Waals surface area contributed by atoms with Crippen LogP contribution in [0.3, 0.4) is 0 Å². The van der Waals surface area contributed by atoms with Crippen molar-refractivity contribution in [2.24, 2.45) is 0 Å². The molecule has 13 heavy (non-hydrogen) atoms. The summed E-state index contributed by atoms with van der Waals surface area (Å²) < 4.78 is 5.39. The van der Waals surface area contributed by atoms with E-state index < -0.39 is 0 Å². The van der Waals surface area contributed by atoms with Crippen LogP contribution in [0.5, 0.6) is 0 Å². The third-order valence-corrected chi connectivity index (χ3v) is 2.63. The molecule has 0 aliphatic carbocycles. The van der Waals surface area contributed by atoms with Crippen LogP contribution in [-0.4, -0.2) is 23.2 Å². The number of nitrogens with zero attached hydrogens (tertiary/aromatic N) is 1. The molecular formula is C9H13ClN2O. The lowest BCUT2D eigenvalue weighted by Gasteiger charge is -2.19. The predicted octanol–water partition coefficient (Wildman–Crippen LogP) is 2.04. The summed E-state index contributed by atoms with van der Waals surface area (Å²) >= 11 is 5.68. The lowest BCUT2D eigenvalue weighted by atomic mass is 10.0. The van der Waals surface area contributed by atoms with E-state index in [2.05, 4.69) is 9.97 Å². The average molecular weight is 201 g/mol. The van der Waals surface area contributed by atoms with Gasteiger partial charge in [-0.3, -0.25) is 0 Å². The Morgan fingerprint density at radius 2 is 2.62 bits per heavy atom. The second kappa shape index (κ2) is 4.11. The van der Waals surface area contributed by atoms with Gasteiger partial charge >= 0.3 is 0 Å². The highest BCUT2D eigenvalue weighted by Crippen LogP contribution is 2.22. The number of alkyl halides is 1. The van der Waals surface area contributed by atoms with Crippen molar-refractivity contribution in [3.63, 3.8) is 0 Å². The summed E-state index contributed by atoms with van der Waals surface area (Å²) in [5.41, 5.74) is 0.988. The van der Waals surface area contributed by atoms with Crippen molar-refractivity contribution in [1.29, 1.82) is 0 Å². The summed E-state index contributed by atoms with van der Waals surface area (Å²) in [4.78, 5) is 7.50. The summed E-state index contributed by atoms with van der Waals surface area (Å²) in [5.74, 6) is 1.96. The molecule has 1 aliphatic rings. The number of halogens is 1. The van der Waals surface area contributed by atoms with Gasteiger partial charge in [-0.2, -0.15) is 0 Å². The molecule has 0 spiro atoms. The molecule has 1 atom stereocenters. The number of hydrogen-bond donors (Lipinski definition) is 1. The van der Waals surface area contributed by atoms with E-state index in [1.54, 1.807) is 6.20 Å². The molecule has 1 saturated heterocycles. The van der Waals surface area contributed by atoms with Gasteiger partial charge in [-0.15, -0.1) is 11.6 Å². The van der Waals surface area contributed by atoms with Crippen molar-refractivity contribution in [2.75, 3.05) is 13.2 Å². The van der Waals surface area contributed by atoms with E-state index >= 15 is 0 Å². The van der Waals surface area contributed by atoms with Gasteiger partial charge in [0.2, 0.25) is 0 Å². The predicted molar refractivity (Wildman–Crippen MR) is 50.9 cm³/mol. The highest BCUT2D eigenvalue weighted by atomic mass is 35.5. The van der Waals surface area contributed by atoms with E-state index in [9.17, 15) is 0 Å². The first-order valence-electron chi connectivity index (χ1n) is 4.57. The maximum Gasteiger partial charge on any atom is 0.111 e. The van der Waals surface area contributed by atoms with Gasteiger partial charge in [0.1, 0.15) is 5.82 Å². The van der Waals surface area contributed by atoms with Gasteiger partial charge in [0.05, 0.1) is 12.5 Å². The molecule has 1 aromatic heterocycles. The van der Waals surface area contributed by atoms with E-state index in [4.69, 9.17) is 16.3 Å². The van der Waals surface area contributed by atoms with Crippen LogP contribution in [0.25, 0.3) is 0 Å². The maximum absolute atomic E-state index is 5.68. The summed E-state index contributed by atoms with van der Waals surface area (Å²) in [6, 6.07) is 0. The molecule has 1 fully saturated rings. The lowest BCUT2D eigenvalue weighted by Crippen LogP contribution is -2.16. The molecule has 1 unspecified atom stereocenters. The molecule has 0 saturated carbocycles. The topological polar surface area (TPSA) is 37.9 Å². The van der Waals surface area contributed by atoms with Crippen LogP contribution in [-0.2, 0) is 10.6 Å². The number of H-pyrrole nitrogens is 1. The summed E-state index contributed by atoms with van der Waals surface area (Å²) in [7, 11) is 0. The Balaban J connectivity index is 2.05. The van der Waals surface area contributed by atoms with Crippen molar-refractivity contribution in [1.82, 2.24) is 9.97 Å². The largest absolute Gasteiger partial charge is 0.381 e. The zero-order valence-electron chi connectivity index (χ0n) is 7.42. The molecule has 2 heterocycles. The van der Waals surface area contributed by atoms with E-state index in [1.165, 1.54) is 0 Å². The fourth-order valence-corrected chi connectivity index (χ4v) is 1.74. The Labute approximate surface area is 82.5 Å². The monoisotopic (exact) mass is 200 g/mol. The standard InChI is InChI=1S/C9H13ClN2O/c10-4-8-5-11-9(12-8)7-2-1-3-13-6-7/h5,7H,1-4,6H2,(H,11,12). The van der Waals surface area contributed by atoms with Crippen molar-refractivity contribution in [3.8, 4) is 0 Å². The molecular weight excluding hydrogens is 188 g/mol. The molecule has 0 bridgehead atoms. The Morgan fingerprint density at radius 1 is 1.69 bits per heavy atom. The Bertz CT molecular complexity index is 268. The molecule has 1 aliphatic heterocycles. The first-order valence-corrected chi connectivity index (χ1v) is 5.11. The third-order valence-electron chi connectivity index (χ3n) is 2.34. The minimum Gasteiger partial charge on any atom is -0.381 e. The van der Waals surface area contributed by atoms with Crippen LogP contribution in [0.4, 0.5) is 0 Å². The number of aromatic amines is 1. The van der Waals surface area contributed by atoms with Gasteiger partial charge in [0, 0.05) is 24.4 Å². The second-order valence-corrected chi connectivity index (χ2v) is 3.61. The SMILES string of the molecule is ClCc1cnc(C2CCCOC2)[nH]1. The van der Waals surface area contributed by atoms with Crippen molar-refractivity contribution < 1.29 is 4.74 Å². The van der Waals surface area contributed by atoms with Crippen molar-refractivity contribution in [2.45, 2.75) is 24.6 Å².